The highest BCUT2D eigenvalue weighted by molar-refractivity contribution is 5.99. The minimum absolute atomic E-state index is 0.0204. The number of aryl methyl sites for hydroxylation is 2. The molecule has 34 heavy (non-hydrogen) atoms. The van der Waals surface area contributed by atoms with Crippen molar-refractivity contribution >= 4 is 17.7 Å². The van der Waals surface area contributed by atoms with Gasteiger partial charge in [0.15, 0.2) is 5.60 Å². The average Bonchev–Trinajstić information content (AvgIpc) is 3.05. The van der Waals surface area contributed by atoms with E-state index in [1.165, 1.54) is 0 Å². The highest BCUT2D eigenvalue weighted by Gasteiger charge is 2.45. The number of nitrogens with one attached hydrogen (secondary N) is 1. The summed E-state index contributed by atoms with van der Waals surface area (Å²) in [5.74, 6) is -0.0983. The van der Waals surface area contributed by atoms with Gasteiger partial charge in [0.25, 0.3) is 11.8 Å². The van der Waals surface area contributed by atoms with Gasteiger partial charge in [-0.1, -0.05) is 23.8 Å². The van der Waals surface area contributed by atoms with E-state index >= 15 is 0 Å². The summed E-state index contributed by atoms with van der Waals surface area (Å²) in [5.41, 5.74) is 7.28. The van der Waals surface area contributed by atoms with E-state index in [1.807, 2.05) is 36.9 Å². The predicted molar refractivity (Wildman–Crippen MR) is 130 cm³/mol. The number of nitrogens with zero attached hydrogens (tertiary/aromatic N) is 1. The van der Waals surface area contributed by atoms with E-state index in [1.54, 1.807) is 38.1 Å². The van der Waals surface area contributed by atoms with E-state index < -0.39 is 11.5 Å². The van der Waals surface area contributed by atoms with Crippen LogP contribution in [-0.2, 0) is 4.79 Å². The number of carbonyl (C=O) groups excluding carboxylic acids is 3. The summed E-state index contributed by atoms with van der Waals surface area (Å²) in [7, 11) is 0. The summed E-state index contributed by atoms with van der Waals surface area (Å²) in [6, 6.07) is 12.6. The van der Waals surface area contributed by atoms with Gasteiger partial charge in [-0.25, -0.2) is 0 Å². The SMILES string of the molecule is Cc1ccc(OC(C)(C)C(=O)NC2CC3CCC(C2)N3C(=O)c2cccc(C(N)=O)c2)c(C)c1. The number of piperidine rings is 1. The molecular formula is C27H33N3O4. The molecule has 0 saturated carbocycles. The molecule has 2 atom stereocenters. The summed E-state index contributed by atoms with van der Waals surface area (Å²) in [6.07, 6.45) is 3.20. The second-order valence-electron chi connectivity index (χ2n) is 10.1. The molecule has 2 bridgehead atoms. The van der Waals surface area contributed by atoms with Crippen molar-refractivity contribution in [3.8, 4) is 5.75 Å². The van der Waals surface area contributed by atoms with E-state index in [0.717, 1.165) is 24.0 Å². The highest BCUT2D eigenvalue weighted by Crippen LogP contribution is 2.37. The van der Waals surface area contributed by atoms with Gasteiger partial charge in [0.2, 0.25) is 5.91 Å². The van der Waals surface area contributed by atoms with Gasteiger partial charge in [-0.05, 0) is 83.2 Å². The van der Waals surface area contributed by atoms with Gasteiger partial charge in [0.1, 0.15) is 5.75 Å². The zero-order valence-corrected chi connectivity index (χ0v) is 20.3. The van der Waals surface area contributed by atoms with Gasteiger partial charge in [0, 0.05) is 29.3 Å². The number of fused-ring (bicyclic) bond motifs is 2. The first-order valence-electron chi connectivity index (χ1n) is 11.8. The summed E-state index contributed by atoms with van der Waals surface area (Å²) >= 11 is 0. The number of primary amides is 1. The molecule has 3 N–H and O–H groups in total. The third-order valence-corrected chi connectivity index (χ3v) is 6.94. The second kappa shape index (κ2) is 9.12. The topological polar surface area (TPSA) is 102 Å². The van der Waals surface area contributed by atoms with Crippen LogP contribution in [0.2, 0.25) is 0 Å². The lowest BCUT2D eigenvalue weighted by Gasteiger charge is -2.40. The van der Waals surface area contributed by atoms with Crippen LogP contribution in [0.1, 0.15) is 71.4 Å². The quantitative estimate of drug-likeness (QED) is 0.684. The molecular weight excluding hydrogens is 430 g/mol. The summed E-state index contributed by atoms with van der Waals surface area (Å²) in [5, 5.41) is 3.17. The van der Waals surface area contributed by atoms with Gasteiger partial charge in [-0.2, -0.15) is 0 Å². The fraction of sp³-hybridized carbons (Fsp3) is 0.444. The molecule has 2 unspecified atom stereocenters. The second-order valence-corrected chi connectivity index (χ2v) is 10.1. The van der Waals surface area contributed by atoms with E-state index in [9.17, 15) is 14.4 Å². The number of benzene rings is 2. The molecule has 7 nitrogen and oxygen atoms in total. The molecule has 7 heteroatoms. The zero-order valence-electron chi connectivity index (χ0n) is 20.3. The zero-order chi connectivity index (χ0) is 24.6. The fourth-order valence-corrected chi connectivity index (χ4v) is 5.18. The van der Waals surface area contributed by atoms with Gasteiger partial charge >= 0.3 is 0 Å². The number of rotatable bonds is 6. The Morgan fingerprint density at radius 2 is 1.65 bits per heavy atom. The monoisotopic (exact) mass is 463 g/mol. The van der Waals surface area contributed by atoms with Crippen LogP contribution < -0.4 is 15.8 Å². The van der Waals surface area contributed by atoms with Crippen molar-refractivity contribution < 1.29 is 19.1 Å². The standard InChI is InChI=1S/C27H33N3O4/c1-16-8-11-23(17(2)12-16)34-27(3,4)26(33)29-20-14-21-9-10-22(15-20)30(21)25(32)19-7-5-6-18(13-19)24(28)31/h5-8,11-13,20-22H,9-10,14-15H2,1-4H3,(H2,28,31)(H,29,33). The molecule has 0 aromatic heterocycles. The first-order chi connectivity index (χ1) is 16.0. The Hall–Kier alpha value is -3.35. The normalized spacial score (nSPS) is 21.8. The van der Waals surface area contributed by atoms with E-state index in [4.69, 9.17) is 10.5 Å². The Morgan fingerprint density at radius 3 is 2.26 bits per heavy atom. The first-order valence-corrected chi connectivity index (χ1v) is 11.8. The lowest BCUT2D eigenvalue weighted by Crippen LogP contribution is -2.56. The average molecular weight is 464 g/mol. The largest absolute Gasteiger partial charge is 0.478 e. The smallest absolute Gasteiger partial charge is 0.263 e. The number of nitrogens with two attached hydrogens (primary N) is 1. The van der Waals surface area contributed by atoms with Crippen molar-refractivity contribution in [3.05, 3.63) is 64.7 Å². The van der Waals surface area contributed by atoms with Crippen LogP contribution in [0, 0.1) is 13.8 Å². The fourth-order valence-electron chi connectivity index (χ4n) is 5.18. The molecule has 180 valence electrons. The summed E-state index contributed by atoms with van der Waals surface area (Å²) < 4.78 is 6.09. The molecule has 2 aromatic carbocycles. The summed E-state index contributed by atoms with van der Waals surface area (Å²) in [6.45, 7) is 7.55. The number of amides is 3. The minimum Gasteiger partial charge on any atom is -0.478 e. The third-order valence-electron chi connectivity index (χ3n) is 6.94. The number of hydrogen-bond donors (Lipinski definition) is 2. The van der Waals surface area contributed by atoms with Gasteiger partial charge in [-0.15, -0.1) is 0 Å². The van der Waals surface area contributed by atoms with Crippen molar-refractivity contribution in [1.29, 1.82) is 0 Å². The Kier molecular flexibility index (Phi) is 6.39. The van der Waals surface area contributed by atoms with Crippen molar-refractivity contribution in [2.45, 2.75) is 77.1 Å². The molecule has 2 aromatic rings. The maximum Gasteiger partial charge on any atom is 0.263 e. The lowest BCUT2D eigenvalue weighted by molar-refractivity contribution is -0.135. The maximum atomic E-state index is 13.2. The van der Waals surface area contributed by atoms with Crippen LogP contribution in [0.15, 0.2) is 42.5 Å². The highest BCUT2D eigenvalue weighted by atomic mass is 16.5. The maximum absolute atomic E-state index is 13.2. The molecule has 0 aliphatic carbocycles. The molecule has 2 heterocycles. The van der Waals surface area contributed by atoms with E-state index in [-0.39, 0.29) is 29.9 Å². The molecule has 2 aliphatic heterocycles. The molecule has 0 radical (unpaired) electrons. The predicted octanol–water partition coefficient (Wildman–Crippen LogP) is 3.51. The molecule has 0 spiro atoms. The summed E-state index contributed by atoms with van der Waals surface area (Å²) in [4.78, 5) is 39.8. The van der Waals surface area contributed by atoms with Crippen LogP contribution in [0.25, 0.3) is 0 Å². The Morgan fingerprint density at radius 1 is 1.00 bits per heavy atom. The van der Waals surface area contributed by atoms with Crippen molar-refractivity contribution in [2.75, 3.05) is 0 Å². The van der Waals surface area contributed by atoms with Crippen molar-refractivity contribution in [3.63, 3.8) is 0 Å². The van der Waals surface area contributed by atoms with Crippen LogP contribution in [0.3, 0.4) is 0 Å². The van der Waals surface area contributed by atoms with Gasteiger partial charge < -0.3 is 20.7 Å². The van der Waals surface area contributed by atoms with Crippen LogP contribution in [0.4, 0.5) is 0 Å². The van der Waals surface area contributed by atoms with Crippen LogP contribution in [0.5, 0.6) is 5.75 Å². The van der Waals surface area contributed by atoms with E-state index in [2.05, 4.69) is 5.32 Å². The van der Waals surface area contributed by atoms with Gasteiger partial charge in [-0.3, -0.25) is 14.4 Å². The number of ether oxygens (including phenoxy) is 1. The van der Waals surface area contributed by atoms with Crippen molar-refractivity contribution in [1.82, 2.24) is 10.2 Å². The number of carbonyl (C=O) groups is 3. The van der Waals surface area contributed by atoms with Crippen molar-refractivity contribution in [2.24, 2.45) is 5.73 Å². The molecule has 4 rings (SSSR count). The van der Waals surface area contributed by atoms with E-state index in [0.29, 0.717) is 29.7 Å². The Balaban J connectivity index is 1.41. The van der Waals surface area contributed by atoms with Crippen LogP contribution in [-0.4, -0.2) is 46.3 Å². The Bertz CT molecular complexity index is 1110. The first kappa shape index (κ1) is 23.8. The number of hydrogen-bond acceptors (Lipinski definition) is 4. The lowest BCUT2D eigenvalue weighted by atomic mass is 9.95. The molecule has 2 saturated heterocycles. The third kappa shape index (κ3) is 4.79. The molecule has 3 amide bonds. The molecule has 2 fully saturated rings. The minimum atomic E-state index is -1.03. The Labute approximate surface area is 200 Å². The van der Waals surface area contributed by atoms with Crippen LogP contribution >= 0.6 is 0 Å². The molecule has 2 aliphatic rings. The van der Waals surface area contributed by atoms with Gasteiger partial charge in [0.05, 0.1) is 0 Å².